The summed E-state index contributed by atoms with van der Waals surface area (Å²) in [4.78, 5) is 16.4. The Hall–Kier alpha value is -1.39. The van der Waals surface area contributed by atoms with Crippen molar-refractivity contribution < 1.29 is 4.79 Å². The van der Waals surface area contributed by atoms with Gasteiger partial charge in [0, 0.05) is 19.6 Å². The van der Waals surface area contributed by atoms with Gasteiger partial charge in [-0.2, -0.15) is 0 Å². The van der Waals surface area contributed by atoms with Gasteiger partial charge in [-0.1, -0.05) is 37.3 Å². The van der Waals surface area contributed by atoms with Gasteiger partial charge in [0.1, 0.15) is 0 Å². The van der Waals surface area contributed by atoms with E-state index in [1.54, 1.807) is 0 Å². The smallest absolute Gasteiger partial charge is 0.239 e. The van der Waals surface area contributed by atoms with Crippen LogP contribution in [-0.4, -0.2) is 55.0 Å². The summed E-state index contributed by atoms with van der Waals surface area (Å²) < 4.78 is 0. The molecule has 1 heterocycles. The highest BCUT2D eigenvalue weighted by atomic mass is 16.2. The Morgan fingerprint density at radius 2 is 2.10 bits per heavy atom. The van der Waals surface area contributed by atoms with Crippen molar-refractivity contribution in [3.63, 3.8) is 0 Å². The fraction of sp³-hybridized carbons (Fsp3) is 0.588. The van der Waals surface area contributed by atoms with E-state index in [0.717, 1.165) is 45.6 Å². The monoisotopic (exact) mass is 289 g/mol. The van der Waals surface area contributed by atoms with Crippen molar-refractivity contribution >= 4 is 5.91 Å². The molecule has 1 fully saturated rings. The van der Waals surface area contributed by atoms with Gasteiger partial charge < -0.3 is 15.1 Å². The first kappa shape index (κ1) is 16.0. The number of hydrogen-bond donors (Lipinski definition) is 1. The van der Waals surface area contributed by atoms with Gasteiger partial charge in [0.15, 0.2) is 0 Å². The molecular formula is C17H27N3O. The summed E-state index contributed by atoms with van der Waals surface area (Å²) in [6.07, 6.45) is 1.99. The van der Waals surface area contributed by atoms with Gasteiger partial charge in [0.2, 0.25) is 5.91 Å². The lowest BCUT2D eigenvalue weighted by molar-refractivity contribution is -0.129. The summed E-state index contributed by atoms with van der Waals surface area (Å²) >= 11 is 0. The summed E-state index contributed by atoms with van der Waals surface area (Å²) in [5, 5.41) is 3.25. The second-order valence-electron chi connectivity index (χ2n) is 5.80. The molecule has 2 rings (SSSR count). The third-order valence-electron chi connectivity index (χ3n) is 4.01. The molecule has 1 unspecified atom stereocenters. The molecule has 0 radical (unpaired) electrons. The van der Waals surface area contributed by atoms with Crippen molar-refractivity contribution in [1.29, 1.82) is 0 Å². The maximum atomic E-state index is 12.1. The molecule has 1 N–H and O–H groups in total. The molecule has 1 saturated heterocycles. The fourth-order valence-electron chi connectivity index (χ4n) is 2.90. The standard InChI is InChI=1S/C17H27N3O/c1-3-18-16-10-13-20(17(16)21)12-7-11-19(2)14-15-8-5-4-6-9-15/h4-6,8-9,16,18H,3,7,10-14H2,1-2H3. The van der Waals surface area contributed by atoms with E-state index in [9.17, 15) is 4.79 Å². The number of nitrogens with one attached hydrogen (secondary N) is 1. The maximum absolute atomic E-state index is 12.1. The van der Waals surface area contributed by atoms with Gasteiger partial charge >= 0.3 is 0 Å². The van der Waals surface area contributed by atoms with E-state index in [-0.39, 0.29) is 11.9 Å². The number of nitrogens with zero attached hydrogens (tertiary/aromatic N) is 2. The molecule has 1 aromatic carbocycles. The Balaban J connectivity index is 1.66. The highest BCUT2D eigenvalue weighted by Gasteiger charge is 2.30. The molecule has 4 heteroatoms. The fourth-order valence-corrected chi connectivity index (χ4v) is 2.90. The van der Waals surface area contributed by atoms with Crippen LogP contribution < -0.4 is 5.32 Å². The summed E-state index contributed by atoms with van der Waals surface area (Å²) in [6, 6.07) is 10.6. The number of rotatable bonds is 8. The summed E-state index contributed by atoms with van der Waals surface area (Å²) in [5.74, 6) is 0.280. The SMILES string of the molecule is CCNC1CCN(CCCN(C)Cc2ccccc2)C1=O. The Labute approximate surface area is 128 Å². The van der Waals surface area contributed by atoms with E-state index in [4.69, 9.17) is 0 Å². The predicted octanol–water partition coefficient (Wildman–Crippen LogP) is 1.72. The Bertz CT molecular complexity index is 435. The van der Waals surface area contributed by atoms with Crippen molar-refractivity contribution in [1.82, 2.24) is 15.1 Å². The van der Waals surface area contributed by atoms with Gasteiger partial charge in [0.25, 0.3) is 0 Å². The molecule has 1 aliphatic heterocycles. The highest BCUT2D eigenvalue weighted by molar-refractivity contribution is 5.83. The van der Waals surface area contributed by atoms with Crippen molar-refractivity contribution in [3.05, 3.63) is 35.9 Å². The molecule has 116 valence electrons. The molecule has 1 amide bonds. The molecule has 0 aromatic heterocycles. The van der Waals surface area contributed by atoms with Crippen molar-refractivity contribution in [3.8, 4) is 0 Å². The van der Waals surface area contributed by atoms with Crippen molar-refractivity contribution in [2.75, 3.05) is 33.2 Å². The molecule has 0 saturated carbocycles. The lowest BCUT2D eigenvalue weighted by Crippen LogP contribution is -2.38. The zero-order valence-electron chi connectivity index (χ0n) is 13.2. The van der Waals surface area contributed by atoms with Crippen LogP contribution in [0.4, 0.5) is 0 Å². The first-order valence-corrected chi connectivity index (χ1v) is 7.95. The van der Waals surface area contributed by atoms with Gasteiger partial charge in [-0.05, 0) is 38.5 Å². The Kier molecular flexibility index (Phi) is 6.21. The topological polar surface area (TPSA) is 35.6 Å². The van der Waals surface area contributed by atoms with Crippen LogP contribution in [0.1, 0.15) is 25.3 Å². The molecule has 21 heavy (non-hydrogen) atoms. The number of benzene rings is 1. The van der Waals surface area contributed by atoms with E-state index in [1.807, 2.05) is 11.0 Å². The van der Waals surface area contributed by atoms with E-state index in [0.29, 0.717) is 0 Å². The number of amides is 1. The van der Waals surface area contributed by atoms with Gasteiger partial charge in [-0.25, -0.2) is 0 Å². The van der Waals surface area contributed by atoms with Crippen LogP contribution in [0, 0.1) is 0 Å². The minimum Gasteiger partial charge on any atom is -0.341 e. The van der Waals surface area contributed by atoms with Gasteiger partial charge in [-0.3, -0.25) is 4.79 Å². The Morgan fingerprint density at radius 3 is 2.81 bits per heavy atom. The normalized spacial score (nSPS) is 18.7. The van der Waals surface area contributed by atoms with Gasteiger partial charge in [-0.15, -0.1) is 0 Å². The zero-order chi connectivity index (χ0) is 15.1. The minimum absolute atomic E-state index is 0.0528. The molecule has 4 nitrogen and oxygen atoms in total. The van der Waals surface area contributed by atoms with Crippen LogP contribution in [0.2, 0.25) is 0 Å². The maximum Gasteiger partial charge on any atom is 0.239 e. The lowest BCUT2D eigenvalue weighted by Gasteiger charge is -2.20. The lowest BCUT2D eigenvalue weighted by atomic mass is 10.2. The molecule has 1 atom stereocenters. The molecule has 0 aliphatic carbocycles. The van der Waals surface area contributed by atoms with Crippen molar-refractivity contribution in [2.45, 2.75) is 32.4 Å². The second-order valence-corrected chi connectivity index (χ2v) is 5.80. The average molecular weight is 289 g/mol. The Morgan fingerprint density at radius 1 is 1.33 bits per heavy atom. The number of likely N-dealkylation sites (tertiary alicyclic amines) is 1. The summed E-state index contributed by atoms with van der Waals surface area (Å²) in [7, 11) is 2.14. The average Bonchev–Trinajstić information content (AvgIpc) is 2.82. The number of carbonyl (C=O) groups excluding carboxylic acids is 1. The molecule has 1 aliphatic rings. The van der Waals surface area contributed by atoms with Crippen LogP contribution in [0.3, 0.4) is 0 Å². The van der Waals surface area contributed by atoms with Crippen LogP contribution in [0.15, 0.2) is 30.3 Å². The number of likely N-dealkylation sites (N-methyl/N-ethyl adjacent to an activating group) is 1. The van der Waals surface area contributed by atoms with E-state index < -0.39 is 0 Å². The van der Waals surface area contributed by atoms with E-state index in [2.05, 4.69) is 48.5 Å². The molecular weight excluding hydrogens is 262 g/mol. The van der Waals surface area contributed by atoms with E-state index in [1.165, 1.54) is 5.56 Å². The minimum atomic E-state index is 0.0528. The summed E-state index contributed by atoms with van der Waals surface area (Å²) in [6.45, 7) is 6.68. The molecule has 0 spiro atoms. The second kappa shape index (κ2) is 8.15. The third-order valence-corrected chi connectivity index (χ3v) is 4.01. The number of carbonyl (C=O) groups is 1. The van der Waals surface area contributed by atoms with Crippen LogP contribution >= 0.6 is 0 Å². The van der Waals surface area contributed by atoms with Crippen LogP contribution in [-0.2, 0) is 11.3 Å². The molecule has 1 aromatic rings. The first-order valence-electron chi connectivity index (χ1n) is 7.95. The summed E-state index contributed by atoms with van der Waals surface area (Å²) in [5.41, 5.74) is 1.34. The zero-order valence-corrected chi connectivity index (χ0v) is 13.2. The highest BCUT2D eigenvalue weighted by Crippen LogP contribution is 2.11. The van der Waals surface area contributed by atoms with Crippen LogP contribution in [0.25, 0.3) is 0 Å². The first-order chi connectivity index (χ1) is 10.2. The van der Waals surface area contributed by atoms with E-state index >= 15 is 0 Å². The molecule has 0 bridgehead atoms. The van der Waals surface area contributed by atoms with Crippen molar-refractivity contribution in [2.24, 2.45) is 0 Å². The third kappa shape index (κ3) is 4.83. The van der Waals surface area contributed by atoms with Crippen LogP contribution in [0.5, 0.6) is 0 Å². The number of hydrogen-bond acceptors (Lipinski definition) is 3. The predicted molar refractivity (Wildman–Crippen MR) is 86.1 cm³/mol. The van der Waals surface area contributed by atoms with Gasteiger partial charge in [0.05, 0.1) is 6.04 Å². The largest absolute Gasteiger partial charge is 0.341 e. The quantitative estimate of drug-likeness (QED) is 0.791.